The highest BCUT2D eigenvalue weighted by atomic mass is 16.5. The Morgan fingerprint density at radius 3 is 2.94 bits per heavy atom. The Morgan fingerprint density at radius 1 is 1.41 bits per heavy atom. The van der Waals surface area contributed by atoms with Gasteiger partial charge in [0.1, 0.15) is 0 Å². The van der Waals surface area contributed by atoms with E-state index in [-0.39, 0.29) is 0 Å². The maximum Gasteiger partial charge on any atom is 0.152 e. The van der Waals surface area contributed by atoms with Crippen molar-refractivity contribution in [1.29, 1.82) is 0 Å². The monoisotopic (exact) mass is 231 g/mol. The number of methoxy groups -OCH3 is 1. The molecule has 0 atom stereocenters. The Hall–Kier alpha value is -1.61. The van der Waals surface area contributed by atoms with Gasteiger partial charge in [0, 0.05) is 42.9 Å². The van der Waals surface area contributed by atoms with Gasteiger partial charge in [-0.2, -0.15) is 0 Å². The Balaban J connectivity index is 2.39. The van der Waals surface area contributed by atoms with Gasteiger partial charge in [-0.25, -0.2) is 0 Å². The molecule has 0 fully saturated rings. The predicted molar refractivity (Wildman–Crippen MR) is 68.6 cm³/mol. The SMILES string of the molecule is COCCCn1cc(C=O)c2cc(C)ccc21. The summed E-state index contributed by atoms with van der Waals surface area (Å²) >= 11 is 0. The first-order valence-electron chi connectivity index (χ1n) is 5.80. The van der Waals surface area contributed by atoms with E-state index >= 15 is 0 Å². The summed E-state index contributed by atoms with van der Waals surface area (Å²) in [7, 11) is 1.70. The molecule has 0 aliphatic carbocycles. The zero-order chi connectivity index (χ0) is 12.3. The number of aldehydes is 1. The molecular formula is C14H17NO2. The minimum Gasteiger partial charge on any atom is -0.385 e. The molecule has 0 aliphatic heterocycles. The first-order chi connectivity index (χ1) is 8.26. The maximum absolute atomic E-state index is 11.0. The molecular weight excluding hydrogens is 214 g/mol. The van der Waals surface area contributed by atoms with Gasteiger partial charge in [0.15, 0.2) is 6.29 Å². The lowest BCUT2D eigenvalue weighted by molar-refractivity contribution is 0.112. The number of benzene rings is 1. The lowest BCUT2D eigenvalue weighted by atomic mass is 10.1. The van der Waals surface area contributed by atoms with Gasteiger partial charge in [-0.05, 0) is 25.5 Å². The van der Waals surface area contributed by atoms with Crippen LogP contribution in [0.3, 0.4) is 0 Å². The van der Waals surface area contributed by atoms with Crippen LogP contribution in [-0.4, -0.2) is 24.6 Å². The normalized spacial score (nSPS) is 10.9. The highest BCUT2D eigenvalue weighted by Gasteiger charge is 2.07. The Kier molecular flexibility index (Phi) is 3.59. The molecule has 0 saturated heterocycles. The Morgan fingerprint density at radius 2 is 2.24 bits per heavy atom. The van der Waals surface area contributed by atoms with E-state index in [1.165, 1.54) is 5.56 Å². The highest BCUT2D eigenvalue weighted by Crippen LogP contribution is 2.21. The van der Waals surface area contributed by atoms with Crippen LogP contribution in [0.25, 0.3) is 10.9 Å². The number of hydrogen-bond acceptors (Lipinski definition) is 2. The fraction of sp³-hybridized carbons (Fsp3) is 0.357. The molecule has 0 N–H and O–H groups in total. The van der Waals surface area contributed by atoms with Crippen molar-refractivity contribution in [2.75, 3.05) is 13.7 Å². The molecule has 1 aromatic carbocycles. The van der Waals surface area contributed by atoms with E-state index in [0.717, 1.165) is 42.3 Å². The molecule has 1 heterocycles. The molecule has 3 nitrogen and oxygen atoms in total. The number of fused-ring (bicyclic) bond motifs is 1. The van der Waals surface area contributed by atoms with Crippen LogP contribution in [0.15, 0.2) is 24.4 Å². The molecule has 0 spiro atoms. The smallest absolute Gasteiger partial charge is 0.152 e. The third-order valence-corrected chi connectivity index (χ3v) is 2.94. The van der Waals surface area contributed by atoms with E-state index in [9.17, 15) is 4.79 Å². The molecule has 17 heavy (non-hydrogen) atoms. The molecule has 2 aromatic rings. The van der Waals surface area contributed by atoms with Crippen LogP contribution in [0.5, 0.6) is 0 Å². The first kappa shape index (κ1) is 11.9. The summed E-state index contributed by atoms with van der Waals surface area (Å²) in [5.74, 6) is 0. The third-order valence-electron chi connectivity index (χ3n) is 2.94. The summed E-state index contributed by atoms with van der Waals surface area (Å²) in [6.45, 7) is 3.65. The van der Waals surface area contributed by atoms with Crippen LogP contribution >= 0.6 is 0 Å². The van der Waals surface area contributed by atoms with Gasteiger partial charge in [-0.3, -0.25) is 4.79 Å². The fourth-order valence-corrected chi connectivity index (χ4v) is 2.10. The van der Waals surface area contributed by atoms with E-state index in [1.807, 2.05) is 13.1 Å². The van der Waals surface area contributed by atoms with Crippen LogP contribution < -0.4 is 0 Å². The van der Waals surface area contributed by atoms with E-state index in [2.05, 4.69) is 22.8 Å². The summed E-state index contributed by atoms with van der Waals surface area (Å²) in [4.78, 5) is 11.0. The second kappa shape index (κ2) is 5.15. The second-order valence-corrected chi connectivity index (χ2v) is 4.26. The number of aromatic nitrogens is 1. The summed E-state index contributed by atoms with van der Waals surface area (Å²) in [5, 5.41) is 1.04. The molecule has 2 rings (SSSR count). The largest absolute Gasteiger partial charge is 0.385 e. The number of aryl methyl sites for hydroxylation is 2. The van der Waals surface area contributed by atoms with Crippen molar-refractivity contribution >= 4 is 17.2 Å². The number of carbonyl (C=O) groups is 1. The average molecular weight is 231 g/mol. The first-order valence-corrected chi connectivity index (χ1v) is 5.80. The minimum absolute atomic E-state index is 0.738. The molecule has 0 radical (unpaired) electrons. The average Bonchev–Trinajstić information content (AvgIpc) is 2.67. The molecule has 0 aliphatic rings. The molecule has 0 unspecified atom stereocenters. The minimum atomic E-state index is 0.738. The number of carbonyl (C=O) groups excluding carboxylic acids is 1. The number of nitrogens with zero attached hydrogens (tertiary/aromatic N) is 1. The molecule has 3 heteroatoms. The van der Waals surface area contributed by atoms with Crippen molar-refractivity contribution < 1.29 is 9.53 Å². The van der Waals surface area contributed by atoms with Crippen molar-refractivity contribution in [3.63, 3.8) is 0 Å². The van der Waals surface area contributed by atoms with Gasteiger partial charge in [0.2, 0.25) is 0 Å². The van der Waals surface area contributed by atoms with Gasteiger partial charge in [0.25, 0.3) is 0 Å². The topological polar surface area (TPSA) is 31.2 Å². The van der Waals surface area contributed by atoms with Crippen LogP contribution in [0.2, 0.25) is 0 Å². The summed E-state index contributed by atoms with van der Waals surface area (Å²) < 4.78 is 7.17. The molecule has 0 bridgehead atoms. The van der Waals surface area contributed by atoms with Crippen LogP contribution in [0.4, 0.5) is 0 Å². The second-order valence-electron chi connectivity index (χ2n) is 4.26. The number of rotatable bonds is 5. The van der Waals surface area contributed by atoms with Gasteiger partial charge in [-0.1, -0.05) is 11.6 Å². The van der Waals surface area contributed by atoms with Crippen molar-refractivity contribution in [1.82, 2.24) is 4.57 Å². The maximum atomic E-state index is 11.0. The molecule has 1 aromatic heterocycles. The standard InChI is InChI=1S/C14H17NO2/c1-11-4-5-14-13(8-11)12(10-16)9-15(14)6-3-7-17-2/h4-5,8-10H,3,6-7H2,1-2H3. The van der Waals surface area contributed by atoms with E-state index in [4.69, 9.17) is 4.74 Å². The molecule has 90 valence electrons. The van der Waals surface area contributed by atoms with Crippen LogP contribution in [0.1, 0.15) is 22.3 Å². The van der Waals surface area contributed by atoms with Crippen molar-refractivity contribution in [2.24, 2.45) is 0 Å². The zero-order valence-electron chi connectivity index (χ0n) is 10.3. The van der Waals surface area contributed by atoms with Gasteiger partial charge < -0.3 is 9.30 Å². The van der Waals surface area contributed by atoms with Crippen molar-refractivity contribution in [3.05, 3.63) is 35.5 Å². The fourth-order valence-electron chi connectivity index (χ4n) is 2.10. The lowest BCUT2D eigenvalue weighted by Gasteiger charge is -2.04. The van der Waals surface area contributed by atoms with Gasteiger partial charge >= 0.3 is 0 Å². The summed E-state index contributed by atoms with van der Waals surface area (Å²) in [6, 6.07) is 6.21. The Labute approximate surface area is 101 Å². The molecule has 0 amide bonds. The zero-order valence-corrected chi connectivity index (χ0v) is 10.3. The predicted octanol–water partition coefficient (Wildman–Crippen LogP) is 2.80. The van der Waals surface area contributed by atoms with Crippen LogP contribution in [-0.2, 0) is 11.3 Å². The highest BCUT2D eigenvalue weighted by molar-refractivity contribution is 5.97. The molecule has 0 saturated carbocycles. The third kappa shape index (κ3) is 2.39. The lowest BCUT2D eigenvalue weighted by Crippen LogP contribution is -1.99. The number of ether oxygens (including phenoxy) is 1. The van der Waals surface area contributed by atoms with Crippen LogP contribution in [0, 0.1) is 6.92 Å². The van der Waals surface area contributed by atoms with E-state index in [1.54, 1.807) is 7.11 Å². The van der Waals surface area contributed by atoms with E-state index in [0.29, 0.717) is 0 Å². The number of hydrogen-bond donors (Lipinski definition) is 0. The Bertz CT molecular complexity index is 528. The quantitative estimate of drug-likeness (QED) is 0.585. The van der Waals surface area contributed by atoms with Crippen molar-refractivity contribution in [2.45, 2.75) is 19.9 Å². The van der Waals surface area contributed by atoms with Crippen molar-refractivity contribution in [3.8, 4) is 0 Å². The summed E-state index contributed by atoms with van der Waals surface area (Å²) in [5.41, 5.74) is 3.06. The van der Waals surface area contributed by atoms with Gasteiger partial charge in [-0.15, -0.1) is 0 Å². The summed E-state index contributed by atoms with van der Waals surface area (Å²) in [6.07, 6.45) is 3.80. The van der Waals surface area contributed by atoms with E-state index < -0.39 is 0 Å². The van der Waals surface area contributed by atoms with Gasteiger partial charge in [0.05, 0.1) is 0 Å².